The minimum atomic E-state index is -3.68. The normalized spacial score (nSPS) is 16.9. The maximum atomic E-state index is 13.3. The number of amides is 1. The van der Waals surface area contributed by atoms with Crippen molar-refractivity contribution in [2.75, 3.05) is 29.9 Å². The molecule has 33 heavy (non-hydrogen) atoms. The summed E-state index contributed by atoms with van der Waals surface area (Å²) in [6.07, 6.45) is 4.35. The third kappa shape index (κ3) is 4.69. The van der Waals surface area contributed by atoms with Gasteiger partial charge in [-0.2, -0.15) is 4.31 Å². The smallest absolute Gasteiger partial charge is 0.255 e. The predicted octanol–water partition coefficient (Wildman–Crippen LogP) is 4.74. The van der Waals surface area contributed by atoms with E-state index in [1.54, 1.807) is 29.5 Å². The number of carbonyl (C=O) groups is 1. The molecule has 5 rings (SSSR count). The second-order valence-electron chi connectivity index (χ2n) is 8.54. The molecule has 0 unspecified atom stereocenters. The fourth-order valence-electron chi connectivity index (χ4n) is 4.51. The lowest BCUT2D eigenvalue weighted by Crippen LogP contribution is -2.35. The Kier molecular flexibility index (Phi) is 6.23. The number of anilines is 2. The van der Waals surface area contributed by atoms with Gasteiger partial charge in [-0.3, -0.25) is 4.79 Å². The van der Waals surface area contributed by atoms with Crippen molar-refractivity contribution in [3.05, 3.63) is 76.0 Å². The zero-order valence-corrected chi connectivity index (χ0v) is 20.0. The lowest BCUT2D eigenvalue weighted by molar-refractivity contribution is 0.102. The van der Waals surface area contributed by atoms with Crippen LogP contribution in [0.2, 0.25) is 0 Å². The van der Waals surface area contributed by atoms with Gasteiger partial charge in [-0.15, -0.1) is 11.3 Å². The largest absolute Gasteiger partial charge is 0.371 e. The highest BCUT2D eigenvalue weighted by atomic mass is 32.2. The summed E-state index contributed by atoms with van der Waals surface area (Å²) in [4.78, 5) is 16.7. The molecule has 6 nitrogen and oxygen atoms in total. The van der Waals surface area contributed by atoms with Gasteiger partial charge >= 0.3 is 0 Å². The Hall–Kier alpha value is -2.68. The number of rotatable bonds is 5. The molecular weight excluding hydrogens is 454 g/mol. The van der Waals surface area contributed by atoms with Gasteiger partial charge in [-0.25, -0.2) is 8.42 Å². The molecule has 1 amide bonds. The van der Waals surface area contributed by atoms with Crippen LogP contribution in [0.4, 0.5) is 11.4 Å². The van der Waals surface area contributed by atoms with Crippen molar-refractivity contribution in [2.24, 2.45) is 0 Å². The molecular formula is C25H27N3O3S2. The average Bonchev–Trinajstić information content (AvgIpc) is 3.33. The Morgan fingerprint density at radius 2 is 1.76 bits per heavy atom. The Balaban J connectivity index is 1.32. The van der Waals surface area contributed by atoms with Crippen LogP contribution in [0.3, 0.4) is 0 Å². The number of nitrogens with zero attached hydrogens (tertiary/aromatic N) is 2. The van der Waals surface area contributed by atoms with Gasteiger partial charge in [0.05, 0.1) is 4.90 Å². The fraction of sp³-hybridized carbons (Fsp3) is 0.320. The van der Waals surface area contributed by atoms with E-state index in [0.29, 0.717) is 24.3 Å². The van der Waals surface area contributed by atoms with E-state index >= 15 is 0 Å². The van der Waals surface area contributed by atoms with E-state index in [1.807, 2.05) is 29.6 Å². The third-order valence-corrected chi connectivity index (χ3v) is 9.20. The van der Waals surface area contributed by atoms with Crippen LogP contribution >= 0.6 is 11.3 Å². The number of carbonyl (C=O) groups excluding carboxylic acids is 1. The molecule has 1 aromatic heterocycles. The minimum absolute atomic E-state index is 0.149. The van der Waals surface area contributed by atoms with E-state index in [4.69, 9.17) is 0 Å². The van der Waals surface area contributed by atoms with Gasteiger partial charge in [-0.1, -0.05) is 12.1 Å². The molecule has 2 aromatic carbocycles. The number of thiophene rings is 1. The first-order valence-corrected chi connectivity index (χ1v) is 13.6. The molecule has 0 saturated carbocycles. The van der Waals surface area contributed by atoms with Crippen LogP contribution in [-0.2, 0) is 23.0 Å². The van der Waals surface area contributed by atoms with Gasteiger partial charge in [0.25, 0.3) is 5.91 Å². The van der Waals surface area contributed by atoms with Gasteiger partial charge in [0.1, 0.15) is 0 Å². The van der Waals surface area contributed by atoms with Crippen LogP contribution in [0.1, 0.15) is 40.1 Å². The molecule has 0 spiro atoms. The van der Waals surface area contributed by atoms with Crippen LogP contribution in [0, 0.1) is 0 Å². The van der Waals surface area contributed by atoms with E-state index in [9.17, 15) is 13.2 Å². The van der Waals surface area contributed by atoms with Gasteiger partial charge in [0.15, 0.2) is 0 Å². The van der Waals surface area contributed by atoms with Crippen LogP contribution in [0.5, 0.6) is 0 Å². The molecule has 0 radical (unpaired) electrons. The minimum Gasteiger partial charge on any atom is -0.371 e. The van der Waals surface area contributed by atoms with Gasteiger partial charge in [0.2, 0.25) is 10.0 Å². The molecule has 0 aliphatic carbocycles. The van der Waals surface area contributed by atoms with E-state index < -0.39 is 10.0 Å². The molecule has 172 valence electrons. The molecule has 3 aromatic rings. The standard InChI is InChI=1S/C25H27N3O3S2/c29-25(26-21-7-5-8-22(17-21)27-12-2-1-3-13-27)19-6-4-9-23(16-19)33(30,31)28-14-10-24-20(18-28)11-15-32-24/h4-9,11,15-17H,1-3,10,12-14,18H2,(H,26,29). The van der Waals surface area contributed by atoms with Crippen molar-refractivity contribution >= 4 is 38.6 Å². The molecule has 8 heteroatoms. The SMILES string of the molecule is O=C(Nc1cccc(N2CCCCC2)c1)c1cccc(S(=O)(=O)N2CCc3sccc3C2)c1. The Morgan fingerprint density at radius 3 is 2.61 bits per heavy atom. The maximum Gasteiger partial charge on any atom is 0.255 e. The monoisotopic (exact) mass is 481 g/mol. The highest BCUT2D eigenvalue weighted by Gasteiger charge is 2.29. The summed E-state index contributed by atoms with van der Waals surface area (Å²) in [5.74, 6) is -0.318. The zero-order chi connectivity index (χ0) is 22.8. The van der Waals surface area contributed by atoms with Crippen molar-refractivity contribution in [1.29, 1.82) is 0 Å². The highest BCUT2D eigenvalue weighted by molar-refractivity contribution is 7.89. The van der Waals surface area contributed by atoms with Gasteiger partial charge in [-0.05, 0) is 79.1 Å². The molecule has 0 bridgehead atoms. The summed E-state index contributed by atoms with van der Waals surface area (Å²) >= 11 is 1.67. The zero-order valence-electron chi connectivity index (χ0n) is 18.4. The number of nitrogens with one attached hydrogen (secondary N) is 1. The quantitative estimate of drug-likeness (QED) is 0.572. The summed E-state index contributed by atoms with van der Waals surface area (Å²) in [7, 11) is -3.68. The predicted molar refractivity (Wildman–Crippen MR) is 133 cm³/mol. The van der Waals surface area contributed by atoms with E-state index in [2.05, 4.69) is 16.3 Å². The van der Waals surface area contributed by atoms with E-state index in [0.717, 1.165) is 30.8 Å². The number of piperidine rings is 1. The van der Waals surface area contributed by atoms with Crippen LogP contribution < -0.4 is 10.2 Å². The number of hydrogen-bond acceptors (Lipinski definition) is 5. The van der Waals surface area contributed by atoms with Crippen LogP contribution in [0.25, 0.3) is 0 Å². The lowest BCUT2D eigenvalue weighted by Gasteiger charge is -2.29. The van der Waals surface area contributed by atoms with Crippen molar-refractivity contribution in [1.82, 2.24) is 4.31 Å². The topological polar surface area (TPSA) is 69.7 Å². The second kappa shape index (κ2) is 9.29. The summed E-state index contributed by atoms with van der Waals surface area (Å²) in [5.41, 5.74) is 3.20. The summed E-state index contributed by atoms with van der Waals surface area (Å²) < 4.78 is 28.0. The molecule has 1 fully saturated rings. The van der Waals surface area contributed by atoms with Crippen molar-refractivity contribution < 1.29 is 13.2 Å². The number of fused-ring (bicyclic) bond motifs is 1. The fourth-order valence-corrected chi connectivity index (χ4v) is 6.87. The number of benzene rings is 2. The summed E-state index contributed by atoms with van der Waals surface area (Å²) in [5, 5.41) is 4.94. The van der Waals surface area contributed by atoms with E-state index in [-0.39, 0.29) is 10.8 Å². The van der Waals surface area contributed by atoms with Gasteiger partial charge < -0.3 is 10.2 Å². The summed E-state index contributed by atoms with van der Waals surface area (Å²) in [6, 6.07) is 16.1. The molecule has 3 heterocycles. The van der Waals surface area contributed by atoms with E-state index in [1.165, 1.54) is 34.5 Å². The average molecular weight is 482 g/mol. The number of sulfonamides is 1. The molecule has 0 atom stereocenters. The van der Waals surface area contributed by atoms with Crippen LogP contribution in [0.15, 0.2) is 64.9 Å². The maximum absolute atomic E-state index is 13.3. The Labute approximate surface area is 198 Å². The first kappa shape index (κ1) is 22.1. The molecule has 2 aliphatic rings. The van der Waals surface area contributed by atoms with Crippen molar-refractivity contribution in [3.8, 4) is 0 Å². The van der Waals surface area contributed by atoms with Crippen molar-refractivity contribution in [3.63, 3.8) is 0 Å². The Morgan fingerprint density at radius 1 is 0.939 bits per heavy atom. The first-order valence-electron chi connectivity index (χ1n) is 11.3. The second-order valence-corrected chi connectivity index (χ2v) is 11.5. The third-order valence-electron chi connectivity index (χ3n) is 6.33. The molecule has 1 N–H and O–H groups in total. The Bertz CT molecular complexity index is 1260. The summed E-state index contributed by atoms with van der Waals surface area (Å²) in [6.45, 7) is 2.89. The molecule has 1 saturated heterocycles. The number of hydrogen-bond donors (Lipinski definition) is 1. The first-order chi connectivity index (χ1) is 16.0. The molecule has 2 aliphatic heterocycles. The lowest BCUT2D eigenvalue weighted by atomic mass is 10.1. The van der Waals surface area contributed by atoms with Crippen LogP contribution in [-0.4, -0.2) is 38.3 Å². The highest BCUT2D eigenvalue weighted by Crippen LogP contribution is 2.29. The van der Waals surface area contributed by atoms with Crippen molar-refractivity contribution in [2.45, 2.75) is 37.1 Å². The van der Waals surface area contributed by atoms with Gasteiger partial charge in [0, 0.05) is 48.0 Å².